The molecule has 0 saturated carbocycles. The van der Waals surface area contributed by atoms with E-state index < -0.39 is 28.3 Å². The summed E-state index contributed by atoms with van der Waals surface area (Å²) in [5, 5.41) is 12.2. The highest BCUT2D eigenvalue weighted by Gasteiger charge is 2.33. The molecule has 0 unspecified atom stereocenters. The minimum Gasteiger partial charge on any atom is -0.350 e. The van der Waals surface area contributed by atoms with Crippen LogP contribution in [0.3, 0.4) is 0 Å². The third-order valence-electron chi connectivity index (χ3n) is 3.66. The molecule has 0 fully saturated rings. The van der Waals surface area contributed by atoms with Crippen molar-refractivity contribution >= 4 is 39.8 Å². The largest absolute Gasteiger partial charge is 0.416 e. The van der Waals surface area contributed by atoms with Crippen LogP contribution in [-0.2, 0) is 6.18 Å². The van der Waals surface area contributed by atoms with Gasteiger partial charge in [0, 0.05) is 22.0 Å². The van der Waals surface area contributed by atoms with Gasteiger partial charge in [0.25, 0.3) is 11.6 Å². The molecule has 11 heteroatoms. The lowest BCUT2D eigenvalue weighted by Crippen LogP contribution is -2.30. The van der Waals surface area contributed by atoms with E-state index in [1.54, 1.807) is 18.2 Å². The number of nitrogens with zero attached hydrogens (tertiary/aromatic N) is 1. The molecule has 3 aromatic rings. The van der Waals surface area contributed by atoms with Crippen LogP contribution in [0.5, 0.6) is 0 Å². The number of benzene rings is 2. The molecule has 0 aliphatic carbocycles. The minimum atomic E-state index is -4.72. The van der Waals surface area contributed by atoms with Crippen molar-refractivity contribution in [3.05, 3.63) is 68.9 Å². The Morgan fingerprint density at radius 3 is 2.56 bits per heavy atom. The highest BCUT2D eigenvalue weighted by atomic mass is 35.5. The topological polar surface area (TPSA) is 100 Å². The lowest BCUT2D eigenvalue weighted by molar-refractivity contribution is -0.384. The van der Waals surface area contributed by atoms with Crippen molar-refractivity contribution in [1.82, 2.24) is 10.4 Å². The lowest BCUT2D eigenvalue weighted by atomic mass is 10.1. The molecule has 7 nitrogen and oxygen atoms in total. The van der Waals surface area contributed by atoms with E-state index in [1.807, 2.05) is 0 Å². The summed E-state index contributed by atoms with van der Waals surface area (Å²) >= 11 is 5.86. The number of H-pyrrole nitrogens is 1. The molecule has 27 heavy (non-hydrogen) atoms. The number of rotatable bonds is 4. The third kappa shape index (κ3) is 3.95. The third-order valence-corrected chi connectivity index (χ3v) is 3.90. The van der Waals surface area contributed by atoms with Gasteiger partial charge in [-0.1, -0.05) is 17.7 Å². The van der Waals surface area contributed by atoms with Crippen LogP contribution in [-0.4, -0.2) is 15.8 Å². The molecule has 0 bridgehead atoms. The number of hydrogen-bond acceptors (Lipinski definition) is 4. The van der Waals surface area contributed by atoms with E-state index in [0.717, 1.165) is 6.07 Å². The van der Waals surface area contributed by atoms with Crippen LogP contribution in [0.4, 0.5) is 24.5 Å². The molecule has 0 saturated heterocycles. The van der Waals surface area contributed by atoms with E-state index in [1.165, 1.54) is 6.07 Å². The van der Waals surface area contributed by atoms with Crippen LogP contribution in [0.25, 0.3) is 10.9 Å². The second-order valence-corrected chi connectivity index (χ2v) is 5.92. The quantitative estimate of drug-likeness (QED) is 0.445. The van der Waals surface area contributed by atoms with Gasteiger partial charge < -0.3 is 4.98 Å². The molecule has 1 heterocycles. The van der Waals surface area contributed by atoms with Crippen molar-refractivity contribution in [1.29, 1.82) is 0 Å². The molecule has 0 aliphatic heterocycles. The van der Waals surface area contributed by atoms with Gasteiger partial charge in [-0.2, -0.15) is 13.2 Å². The van der Waals surface area contributed by atoms with Crippen LogP contribution < -0.4 is 10.9 Å². The molecule has 0 aliphatic rings. The maximum Gasteiger partial charge on any atom is 0.416 e. The Kier molecular flexibility index (Phi) is 4.66. The molecule has 3 N–H and O–H groups in total. The van der Waals surface area contributed by atoms with E-state index in [2.05, 4.69) is 15.8 Å². The Hall–Kier alpha value is -3.27. The van der Waals surface area contributed by atoms with Crippen molar-refractivity contribution in [3.63, 3.8) is 0 Å². The number of aromatic amines is 1. The number of carbonyl (C=O) groups is 1. The van der Waals surface area contributed by atoms with Crippen LogP contribution in [0.15, 0.2) is 42.5 Å². The molecule has 0 spiro atoms. The molecular weight excluding hydrogens is 389 g/mol. The Bertz CT molecular complexity index is 1050. The van der Waals surface area contributed by atoms with E-state index >= 15 is 0 Å². The predicted molar refractivity (Wildman–Crippen MR) is 92.5 cm³/mol. The van der Waals surface area contributed by atoms with Crippen LogP contribution in [0.2, 0.25) is 5.02 Å². The second kappa shape index (κ2) is 6.80. The number of amides is 1. The molecule has 1 amide bonds. The summed E-state index contributed by atoms with van der Waals surface area (Å²) in [5.41, 5.74) is 2.93. The number of fused-ring (bicyclic) bond motifs is 1. The summed E-state index contributed by atoms with van der Waals surface area (Å²) in [6, 6.07) is 8.41. The number of anilines is 1. The van der Waals surface area contributed by atoms with Crippen molar-refractivity contribution in [2.75, 3.05) is 5.43 Å². The summed E-state index contributed by atoms with van der Waals surface area (Å²) in [6.45, 7) is 0. The number of aromatic nitrogens is 1. The fourth-order valence-corrected chi connectivity index (χ4v) is 2.55. The molecule has 0 radical (unpaired) electrons. The number of nitrogens with one attached hydrogen (secondary N) is 3. The highest BCUT2D eigenvalue weighted by Crippen LogP contribution is 2.34. The number of nitro groups is 1. The van der Waals surface area contributed by atoms with Gasteiger partial charge in [-0.3, -0.25) is 25.8 Å². The average molecular weight is 399 g/mol. The van der Waals surface area contributed by atoms with E-state index in [4.69, 9.17) is 11.6 Å². The predicted octanol–water partition coefficient (Wildman–Crippen LogP) is 4.51. The molecular formula is C16H10ClF3N4O3. The summed E-state index contributed by atoms with van der Waals surface area (Å²) < 4.78 is 38.1. The van der Waals surface area contributed by atoms with Crippen LogP contribution >= 0.6 is 11.6 Å². The number of alkyl halides is 3. The minimum absolute atomic E-state index is 0.134. The standard InChI is InChI=1S/C16H10ClF3N4O3/c17-10-3-1-8-5-13(21-12(8)7-10)15(25)23-22-11-4-2-9(16(18,19)20)6-14(11)24(26)27/h1-7,21-22H,(H,23,25). The maximum absolute atomic E-state index is 12.7. The first-order chi connectivity index (χ1) is 12.6. The summed E-state index contributed by atoms with van der Waals surface area (Å²) in [6.07, 6.45) is -4.72. The Labute approximate surface area is 154 Å². The number of hydrogen-bond donors (Lipinski definition) is 3. The lowest BCUT2D eigenvalue weighted by Gasteiger charge is -2.11. The summed E-state index contributed by atoms with van der Waals surface area (Å²) in [7, 11) is 0. The van der Waals surface area contributed by atoms with Gasteiger partial charge in [-0.15, -0.1) is 0 Å². The molecule has 3 rings (SSSR count). The maximum atomic E-state index is 12.7. The Morgan fingerprint density at radius 1 is 1.15 bits per heavy atom. The number of nitro benzene ring substituents is 1. The van der Waals surface area contributed by atoms with Gasteiger partial charge in [-0.05, 0) is 30.3 Å². The SMILES string of the molecule is O=C(NNc1ccc(C(F)(F)F)cc1[N+](=O)[O-])c1cc2ccc(Cl)cc2[nH]1. The van der Waals surface area contributed by atoms with E-state index in [-0.39, 0.29) is 11.4 Å². The van der Waals surface area contributed by atoms with Crippen molar-refractivity contribution in [2.24, 2.45) is 0 Å². The first-order valence-electron chi connectivity index (χ1n) is 7.35. The van der Waals surface area contributed by atoms with Crippen LogP contribution in [0.1, 0.15) is 16.1 Å². The van der Waals surface area contributed by atoms with E-state index in [0.29, 0.717) is 28.1 Å². The summed E-state index contributed by atoms with van der Waals surface area (Å²) in [5.74, 6) is -0.670. The van der Waals surface area contributed by atoms with Crippen molar-refractivity contribution in [2.45, 2.75) is 6.18 Å². The summed E-state index contributed by atoms with van der Waals surface area (Å²) in [4.78, 5) is 25.1. The second-order valence-electron chi connectivity index (χ2n) is 5.48. The Morgan fingerprint density at radius 2 is 1.89 bits per heavy atom. The molecule has 140 valence electrons. The fraction of sp³-hybridized carbons (Fsp3) is 0.0625. The highest BCUT2D eigenvalue weighted by molar-refractivity contribution is 6.31. The number of carbonyl (C=O) groups excluding carboxylic acids is 1. The van der Waals surface area contributed by atoms with Gasteiger partial charge in [0.15, 0.2) is 0 Å². The molecule has 0 atom stereocenters. The normalized spacial score (nSPS) is 11.4. The van der Waals surface area contributed by atoms with Gasteiger partial charge >= 0.3 is 6.18 Å². The molecule has 1 aromatic heterocycles. The monoisotopic (exact) mass is 398 g/mol. The smallest absolute Gasteiger partial charge is 0.350 e. The first-order valence-corrected chi connectivity index (χ1v) is 7.73. The van der Waals surface area contributed by atoms with E-state index in [9.17, 15) is 28.1 Å². The van der Waals surface area contributed by atoms with Crippen LogP contribution in [0, 0.1) is 10.1 Å². The van der Waals surface area contributed by atoms with Gasteiger partial charge in [-0.25, -0.2) is 0 Å². The zero-order chi connectivity index (χ0) is 19.8. The zero-order valence-corrected chi connectivity index (χ0v) is 14.0. The van der Waals surface area contributed by atoms with Crippen molar-refractivity contribution in [3.8, 4) is 0 Å². The fourth-order valence-electron chi connectivity index (χ4n) is 2.38. The number of hydrazine groups is 1. The zero-order valence-electron chi connectivity index (χ0n) is 13.2. The molecule has 2 aromatic carbocycles. The first kappa shape index (κ1) is 18.5. The average Bonchev–Trinajstić information content (AvgIpc) is 3.01. The Balaban J connectivity index is 1.80. The van der Waals surface area contributed by atoms with Gasteiger partial charge in [0.1, 0.15) is 11.4 Å². The van der Waals surface area contributed by atoms with Crippen molar-refractivity contribution < 1.29 is 22.9 Å². The van der Waals surface area contributed by atoms with Gasteiger partial charge in [0.05, 0.1) is 10.5 Å². The number of halogens is 4. The van der Waals surface area contributed by atoms with Gasteiger partial charge in [0.2, 0.25) is 0 Å².